The fraction of sp³-hybridized carbons (Fsp3) is 0.438. The summed E-state index contributed by atoms with van der Waals surface area (Å²) < 4.78 is 17.6. The Labute approximate surface area is 229 Å². The third kappa shape index (κ3) is 4.28. The molecule has 0 spiro atoms. The first-order chi connectivity index (χ1) is 19.1. The molecule has 39 heavy (non-hydrogen) atoms. The van der Waals surface area contributed by atoms with E-state index in [1.165, 1.54) is 29.8 Å². The van der Waals surface area contributed by atoms with Gasteiger partial charge in [-0.25, -0.2) is 0 Å². The Morgan fingerprint density at radius 1 is 1.10 bits per heavy atom. The Morgan fingerprint density at radius 3 is 2.69 bits per heavy atom. The third-order valence-corrected chi connectivity index (χ3v) is 9.16. The van der Waals surface area contributed by atoms with Gasteiger partial charge in [-0.3, -0.25) is 14.5 Å². The van der Waals surface area contributed by atoms with Crippen molar-refractivity contribution in [3.63, 3.8) is 0 Å². The molecular formula is C32H36N2O5. The predicted molar refractivity (Wildman–Crippen MR) is 148 cm³/mol. The summed E-state index contributed by atoms with van der Waals surface area (Å²) in [5.41, 5.74) is 3.11. The maximum Gasteiger partial charge on any atom is 0.326 e. The maximum atomic E-state index is 14.0. The SMILES string of the molecule is C=CCOC(=O)C1(C(=O)OC)C(OCc2ccccc2)CCC2CN3CCc4c([nH]c5ccccc45)C3CC21. The van der Waals surface area contributed by atoms with E-state index in [0.717, 1.165) is 37.0 Å². The minimum atomic E-state index is -1.55. The third-order valence-electron chi connectivity index (χ3n) is 9.16. The van der Waals surface area contributed by atoms with Crippen LogP contribution in [0.1, 0.15) is 42.1 Å². The lowest BCUT2D eigenvalue weighted by Gasteiger charge is -2.55. The molecule has 1 aromatic heterocycles. The fourth-order valence-electron chi connectivity index (χ4n) is 7.46. The molecule has 1 saturated carbocycles. The molecule has 2 aliphatic heterocycles. The highest BCUT2D eigenvalue weighted by molar-refractivity contribution is 6.01. The normalized spacial score (nSPS) is 28.1. The monoisotopic (exact) mass is 528 g/mol. The van der Waals surface area contributed by atoms with Crippen LogP contribution in [0.25, 0.3) is 10.9 Å². The molecule has 3 aromatic rings. The fourth-order valence-corrected chi connectivity index (χ4v) is 7.46. The number of esters is 2. The Bertz CT molecular complexity index is 1370. The number of piperidine rings is 1. The van der Waals surface area contributed by atoms with Gasteiger partial charge in [-0.1, -0.05) is 61.2 Å². The van der Waals surface area contributed by atoms with E-state index in [0.29, 0.717) is 19.4 Å². The number of nitrogens with one attached hydrogen (secondary N) is 1. The number of hydrogen-bond donors (Lipinski definition) is 1. The second-order valence-electron chi connectivity index (χ2n) is 11.0. The summed E-state index contributed by atoms with van der Waals surface area (Å²) in [6.07, 6.45) is 3.97. The average molecular weight is 529 g/mol. The van der Waals surface area contributed by atoms with Gasteiger partial charge >= 0.3 is 11.9 Å². The van der Waals surface area contributed by atoms with Gasteiger partial charge in [0.25, 0.3) is 0 Å². The van der Waals surface area contributed by atoms with Gasteiger partial charge in [0.1, 0.15) is 6.61 Å². The molecule has 3 aliphatic rings. The Balaban J connectivity index is 1.40. The number of aromatic nitrogens is 1. The molecule has 5 atom stereocenters. The molecule has 0 bridgehead atoms. The van der Waals surface area contributed by atoms with Crippen LogP contribution in [0.5, 0.6) is 0 Å². The lowest BCUT2D eigenvalue weighted by atomic mass is 9.56. The highest BCUT2D eigenvalue weighted by Crippen LogP contribution is 2.56. The zero-order valence-corrected chi connectivity index (χ0v) is 22.4. The smallest absolute Gasteiger partial charge is 0.326 e. The quantitative estimate of drug-likeness (QED) is 0.265. The van der Waals surface area contributed by atoms with Crippen LogP contribution < -0.4 is 0 Å². The summed E-state index contributed by atoms with van der Waals surface area (Å²) in [5, 5.41) is 1.26. The van der Waals surface area contributed by atoms with Crippen LogP contribution in [-0.2, 0) is 36.8 Å². The number of methoxy groups -OCH3 is 1. The van der Waals surface area contributed by atoms with E-state index in [-0.39, 0.29) is 24.5 Å². The Hall–Kier alpha value is -3.42. The second kappa shape index (κ2) is 10.6. The average Bonchev–Trinajstić information content (AvgIpc) is 3.37. The van der Waals surface area contributed by atoms with Gasteiger partial charge < -0.3 is 19.2 Å². The summed E-state index contributed by atoms with van der Waals surface area (Å²) in [6, 6.07) is 18.3. The molecule has 7 nitrogen and oxygen atoms in total. The second-order valence-corrected chi connectivity index (χ2v) is 11.0. The molecule has 1 aliphatic carbocycles. The van der Waals surface area contributed by atoms with Crippen molar-refractivity contribution < 1.29 is 23.8 Å². The number of para-hydroxylation sites is 1. The maximum absolute atomic E-state index is 14.0. The highest BCUT2D eigenvalue weighted by atomic mass is 16.6. The van der Waals surface area contributed by atoms with E-state index in [9.17, 15) is 9.59 Å². The van der Waals surface area contributed by atoms with Crippen molar-refractivity contribution in [2.45, 2.75) is 44.4 Å². The number of H-pyrrole nitrogens is 1. The molecular weight excluding hydrogens is 492 g/mol. The zero-order chi connectivity index (χ0) is 27.0. The topological polar surface area (TPSA) is 80.9 Å². The molecule has 5 unspecified atom stereocenters. The number of carbonyl (C=O) groups is 2. The molecule has 1 N–H and O–H groups in total. The van der Waals surface area contributed by atoms with Crippen molar-refractivity contribution in [1.82, 2.24) is 9.88 Å². The van der Waals surface area contributed by atoms with E-state index in [1.807, 2.05) is 36.4 Å². The van der Waals surface area contributed by atoms with Gasteiger partial charge in [0.2, 0.25) is 0 Å². The van der Waals surface area contributed by atoms with E-state index in [4.69, 9.17) is 14.2 Å². The first kappa shape index (κ1) is 25.8. The number of ether oxygens (including phenoxy) is 3. The highest BCUT2D eigenvalue weighted by Gasteiger charge is 2.66. The molecule has 0 radical (unpaired) electrons. The molecule has 3 heterocycles. The van der Waals surface area contributed by atoms with Gasteiger partial charge in [0, 0.05) is 29.7 Å². The van der Waals surface area contributed by atoms with Crippen molar-refractivity contribution >= 4 is 22.8 Å². The first-order valence-electron chi connectivity index (χ1n) is 13.9. The number of fused-ring (bicyclic) bond motifs is 6. The molecule has 2 aromatic carbocycles. The van der Waals surface area contributed by atoms with Gasteiger partial charge in [-0.05, 0) is 54.7 Å². The lowest BCUT2D eigenvalue weighted by Crippen LogP contribution is -2.64. The van der Waals surface area contributed by atoms with Crippen LogP contribution in [-0.4, -0.2) is 54.7 Å². The van der Waals surface area contributed by atoms with Crippen LogP contribution in [0.2, 0.25) is 0 Å². The number of nitrogens with zero attached hydrogens (tertiary/aromatic N) is 1. The number of carbonyl (C=O) groups excluding carboxylic acids is 2. The molecule has 204 valence electrons. The molecule has 2 fully saturated rings. The summed E-state index contributed by atoms with van der Waals surface area (Å²) in [6.45, 7) is 5.82. The Morgan fingerprint density at radius 2 is 1.90 bits per heavy atom. The van der Waals surface area contributed by atoms with Crippen molar-refractivity contribution in [2.24, 2.45) is 17.3 Å². The van der Waals surface area contributed by atoms with Gasteiger partial charge in [0.15, 0.2) is 5.41 Å². The predicted octanol–water partition coefficient (Wildman–Crippen LogP) is 4.97. The van der Waals surface area contributed by atoms with E-state index < -0.39 is 23.5 Å². The summed E-state index contributed by atoms with van der Waals surface area (Å²) >= 11 is 0. The number of rotatable bonds is 7. The largest absolute Gasteiger partial charge is 0.468 e. The van der Waals surface area contributed by atoms with Gasteiger partial charge in [-0.2, -0.15) is 0 Å². The minimum absolute atomic E-state index is 0.0299. The number of aromatic amines is 1. The van der Waals surface area contributed by atoms with Crippen LogP contribution in [0.3, 0.4) is 0 Å². The number of benzene rings is 2. The van der Waals surface area contributed by atoms with Crippen molar-refractivity contribution in [3.05, 3.63) is 84.1 Å². The lowest BCUT2D eigenvalue weighted by molar-refractivity contribution is -0.207. The van der Waals surface area contributed by atoms with Crippen LogP contribution >= 0.6 is 0 Å². The van der Waals surface area contributed by atoms with Crippen molar-refractivity contribution in [1.29, 1.82) is 0 Å². The zero-order valence-electron chi connectivity index (χ0n) is 22.4. The number of hydrogen-bond acceptors (Lipinski definition) is 6. The molecule has 6 rings (SSSR count). The van der Waals surface area contributed by atoms with E-state index in [1.54, 1.807) is 0 Å². The first-order valence-corrected chi connectivity index (χ1v) is 13.9. The standard InChI is InChI=1S/C32H36N2O5/c1-3-17-38-31(36)32(30(35)37-2)25-18-27-29-24(23-11-7-8-12-26(23)33-29)15-16-34(27)19-22(25)13-14-28(32)39-20-21-9-5-4-6-10-21/h3-12,22,25,27-28,33H,1,13-20H2,2H3. The van der Waals surface area contributed by atoms with Gasteiger partial charge in [-0.15, -0.1) is 0 Å². The Kier molecular flexibility index (Phi) is 7.04. The molecule has 0 amide bonds. The van der Waals surface area contributed by atoms with Crippen LogP contribution in [0, 0.1) is 17.3 Å². The van der Waals surface area contributed by atoms with Gasteiger partial charge in [0.05, 0.1) is 25.9 Å². The minimum Gasteiger partial charge on any atom is -0.468 e. The molecule has 1 saturated heterocycles. The molecule has 7 heteroatoms. The van der Waals surface area contributed by atoms with Crippen molar-refractivity contribution in [3.8, 4) is 0 Å². The van der Waals surface area contributed by atoms with Crippen LogP contribution in [0.4, 0.5) is 0 Å². The van der Waals surface area contributed by atoms with Crippen LogP contribution in [0.15, 0.2) is 67.3 Å². The summed E-state index contributed by atoms with van der Waals surface area (Å²) in [4.78, 5) is 34.1. The van der Waals surface area contributed by atoms with E-state index >= 15 is 0 Å². The summed E-state index contributed by atoms with van der Waals surface area (Å²) in [5.74, 6) is -1.26. The summed E-state index contributed by atoms with van der Waals surface area (Å²) in [7, 11) is 1.36. The van der Waals surface area contributed by atoms with Crippen molar-refractivity contribution in [2.75, 3.05) is 26.8 Å². The van der Waals surface area contributed by atoms with E-state index in [2.05, 4.69) is 34.7 Å².